The van der Waals surface area contributed by atoms with E-state index in [0.29, 0.717) is 23.8 Å². The van der Waals surface area contributed by atoms with E-state index in [4.69, 9.17) is 17.0 Å². The molecule has 0 bridgehead atoms. The number of benzene rings is 1. The van der Waals surface area contributed by atoms with Crippen LogP contribution in [0, 0.1) is 10.7 Å². The van der Waals surface area contributed by atoms with Gasteiger partial charge in [0.05, 0.1) is 13.2 Å². The summed E-state index contributed by atoms with van der Waals surface area (Å²) < 4.78 is 8.21. The first-order valence-corrected chi connectivity index (χ1v) is 6.87. The van der Waals surface area contributed by atoms with Crippen LogP contribution in [-0.4, -0.2) is 28.0 Å². The Morgan fingerprint density at radius 2 is 2.05 bits per heavy atom. The van der Waals surface area contributed by atoms with Gasteiger partial charge in [-0.3, -0.25) is 9.67 Å². The molecule has 0 saturated carbocycles. The van der Waals surface area contributed by atoms with Gasteiger partial charge in [0.1, 0.15) is 0 Å². The Kier molecular flexibility index (Phi) is 4.87. The van der Waals surface area contributed by atoms with Crippen molar-refractivity contribution in [3.63, 3.8) is 0 Å². The van der Waals surface area contributed by atoms with Gasteiger partial charge >= 0.3 is 0 Å². The smallest absolute Gasteiger partial charge is 0.195 e. The van der Waals surface area contributed by atoms with E-state index >= 15 is 0 Å². The highest BCUT2D eigenvalue weighted by Gasteiger charge is 2.08. The van der Waals surface area contributed by atoms with E-state index in [1.54, 1.807) is 0 Å². The highest BCUT2D eigenvalue weighted by Crippen LogP contribution is 2.16. The zero-order valence-corrected chi connectivity index (χ0v) is 12.1. The molecule has 0 unspecified atom stereocenters. The second kappa shape index (κ2) is 6.63. The molecule has 0 amide bonds. The molecule has 0 aliphatic rings. The molecule has 2 aromatic rings. The van der Waals surface area contributed by atoms with Crippen LogP contribution in [0.2, 0.25) is 0 Å². The van der Waals surface area contributed by atoms with Crippen LogP contribution in [0.4, 0.5) is 0 Å². The molecule has 1 heterocycles. The summed E-state index contributed by atoms with van der Waals surface area (Å²) in [5.74, 6) is 1.41. The lowest BCUT2D eigenvalue weighted by molar-refractivity contribution is 0.103. The predicted molar refractivity (Wildman–Crippen MR) is 78.5 cm³/mol. The van der Waals surface area contributed by atoms with Gasteiger partial charge in [-0.25, -0.2) is 0 Å². The van der Waals surface area contributed by atoms with Gasteiger partial charge < -0.3 is 4.74 Å². The molecule has 0 aliphatic carbocycles. The number of aromatic nitrogens is 3. The number of nitrogens with zero attached hydrogens (tertiary/aromatic N) is 2. The van der Waals surface area contributed by atoms with E-state index < -0.39 is 0 Å². The molecule has 0 aliphatic heterocycles. The Balaban J connectivity index is 2.08. The number of H-pyrrole nitrogens is 1. The molecular formula is C14H19N3OS. The van der Waals surface area contributed by atoms with Crippen LogP contribution >= 0.6 is 12.2 Å². The SMILES string of the molecule is CC(C)COCCn1c(-c2ccccc2)n[nH]c1=S. The minimum Gasteiger partial charge on any atom is -0.379 e. The van der Waals surface area contributed by atoms with Gasteiger partial charge in [0.2, 0.25) is 0 Å². The molecule has 2 rings (SSSR count). The first-order valence-electron chi connectivity index (χ1n) is 6.47. The average Bonchev–Trinajstić information content (AvgIpc) is 2.77. The van der Waals surface area contributed by atoms with E-state index in [1.165, 1.54) is 0 Å². The molecule has 1 aromatic carbocycles. The Morgan fingerprint density at radius 3 is 2.74 bits per heavy atom. The molecule has 0 fully saturated rings. The minimum atomic E-state index is 0.547. The lowest BCUT2D eigenvalue weighted by atomic mass is 10.2. The number of hydrogen-bond donors (Lipinski definition) is 1. The second-order valence-corrected chi connectivity index (χ2v) is 5.23. The van der Waals surface area contributed by atoms with Crippen LogP contribution in [0.3, 0.4) is 0 Å². The van der Waals surface area contributed by atoms with Crippen molar-refractivity contribution in [1.29, 1.82) is 0 Å². The third-order valence-electron chi connectivity index (χ3n) is 2.70. The summed E-state index contributed by atoms with van der Waals surface area (Å²) in [5.41, 5.74) is 1.05. The summed E-state index contributed by atoms with van der Waals surface area (Å²) in [4.78, 5) is 0. The maximum Gasteiger partial charge on any atom is 0.195 e. The number of aromatic amines is 1. The number of rotatable bonds is 6. The van der Waals surface area contributed by atoms with Gasteiger partial charge in [-0.2, -0.15) is 5.10 Å². The summed E-state index contributed by atoms with van der Waals surface area (Å²) in [5, 5.41) is 7.14. The minimum absolute atomic E-state index is 0.547. The van der Waals surface area contributed by atoms with Crippen LogP contribution in [0.15, 0.2) is 30.3 Å². The van der Waals surface area contributed by atoms with Gasteiger partial charge in [-0.05, 0) is 18.1 Å². The normalized spacial score (nSPS) is 11.1. The summed E-state index contributed by atoms with van der Waals surface area (Å²) in [7, 11) is 0. The van der Waals surface area contributed by atoms with Crippen molar-refractivity contribution in [2.24, 2.45) is 5.92 Å². The van der Waals surface area contributed by atoms with Crippen LogP contribution in [0.5, 0.6) is 0 Å². The Bertz CT molecular complexity index is 560. The number of nitrogens with one attached hydrogen (secondary N) is 1. The maximum atomic E-state index is 5.61. The van der Waals surface area contributed by atoms with Crippen LogP contribution in [-0.2, 0) is 11.3 Å². The molecule has 19 heavy (non-hydrogen) atoms. The topological polar surface area (TPSA) is 42.8 Å². The lowest BCUT2D eigenvalue weighted by Gasteiger charge is -2.09. The lowest BCUT2D eigenvalue weighted by Crippen LogP contribution is -2.10. The van der Waals surface area contributed by atoms with Crippen molar-refractivity contribution < 1.29 is 4.74 Å². The third-order valence-corrected chi connectivity index (χ3v) is 3.01. The van der Waals surface area contributed by atoms with Crippen molar-refractivity contribution in [2.75, 3.05) is 13.2 Å². The van der Waals surface area contributed by atoms with Gasteiger partial charge in [-0.15, -0.1) is 0 Å². The molecule has 4 nitrogen and oxygen atoms in total. The van der Waals surface area contributed by atoms with E-state index in [-0.39, 0.29) is 0 Å². The number of hydrogen-bond acceptors (Lipinski definition) is 3. The third kappa shape index (κ3) is 3.75. The van der Waals surface area contributed by atoms with Crippen LogP contribution < -0.4 is 0 Å². The fourth-order valence-electron chi connectivity index (χ4n) is 1.81. The molecule has 0 spiro atoms. The van der Waals surface area contributed by atoms with Crippen LogP contribution in [0.1, 0.15) is 13.8 Å². The predicted octanol–water partition coefficient (Wildman–Crippen LogP) is 3.28. The molecule has 102 valence electrons. The van der Waals surface area contributed by atoms with Crippen molar-refractivity contribution in [3.8, 4) is 11.4 Å². The van der Waals surface area contributed by atoms with E-state index in [9.17, 15) is 0 Å². The zero-order chi connectivity index (χ0) is 13.7. The summed E-state index contributed by atoms with van der Waals surface area (Å²) in [6.45, 7) is 6.40. The fourth-order valence-corrected chi connectivity index (χ4v) is 2.03. The van der Waals surface area contributed by atoms with Crippen molar-refractivity contribution in [2.45, 2.75) is 20.4 Å². The maximum absolute atomic E-state index is 5.61. The van der Waals surface area contributed by atoms with E-state index in [2.05, 4.69) is 24.0 Å². The fraction of sp³-hybridized carbons (Fsp3) is 0.429. The Hall–Kier alpha value is -1.46. The van der Waals surface area contributed by atoms with Gasteiger partial charge in [0, 0.05) is 12.2 Å². The van der Waals surface area contributed by atoms with Crippen molar-refractivity contribution in [1.82, 2.24) is 14.8 Å². The Morgan fingerprint density at radius 1 is 1.32 bits per heavy atom. The monoisotopic (exact) mass is 277 g/mol. The van der Waals surface area contributed by atoms with E-state index in [1.807, 2.05) is 34.9 Å². The van der Waals surface area contributed by atoms with Gasteiger partial charge in [-0.1, -0.05) is 44.2 Å². The standard InChI is InChI=1S/C14H19N3OS/c1-11(2)10-18-9-8-17-13(15-16-14(17)19)12-6-4-3-5-7-12/h3-7,11H,8-10H2,1-2H3,(H,16,19). The second-order valence-electron chi connectivity index (χ2n) is 4.84. The van der Waals surface area contributed by atoms with Gasteiger partial charge in [0.15, 0.2) is 10.6 Å². The highest BCUT2D eigenvalue weighted by atomic mass is 32.1. The zero-order valence-electron chi connectivity index (χ0n) is 11.3. The molecule has 5 heteroatoms. The van der Waals surface area contributed by atoms with Crippen LogP contribution in [0.25, 0.3) is 11.4 Å². The molecule has 1 aromatic heterocycles. The average molecular weight is 277 g/mol. The summed E-state index contributed by atoms with van der Waals surface area (Å²) in [6, 6.07) is 10.0. The molecular weight excluding hydrogens is 258 g/mol. The molecule has 0 radical (unpaired) electrons. The largest absolute Gasteiger partial charge is 0.379 e. The van der Waals surface area contributed by atoms with Gasteiger partial charge in [0.25, 0.3) is 0 Å². The molecule has 0 atom stereocenters. The first-order chi connectivity index (χ1) is 9.18. The first kappa shape index (κ1) is 14.0. The van der Waals surface area contributed by atoms with Crippen molar-refractivity contribution >= 4 is 12.2 Å². The molecule has 1 N–H and O–H groups in total. The Labute approximate surface area is 118 Å². The van der Waals surface area contributed by atoms with Crippen molar-refractivity contribution in [3.05, 3.63) is 35.1 Å². The summed E-state index contributed by atoms with van der Waals surface area (Å²) >= 11 is 5.26. The molecule has 0 saturated heterocycles. The number of ether oxygens (including phenoxy) is 1. The highest BCUT2D eigenvalue weighted by molar-refractivity contribution is 7.71. The quantitative estimate of drug-likeness (QED) is 0.651. The van der Waals surface area contributed by atoms with E-state index in [0.717, 1.165) is 18.0 Å². The summed E-state index contributed by atoms with van der Waals surface area (Å²) in [6.07, 6.45) is 0.